The molecule has 5 heteroatoms. The number of rotatable bonds is 9. The number of hydrogen-bond donors (Lipinski definition) is 2. The van der Waals surface area contributed by atoms with Crippen molar-refractivity contribution in [1.82, 2.24) is 10.3 Å². The molecule has 4 nitrogen and oxygen atoms in total. The minimum absolute atomic E-state index is 0.0225. The number of nitrogens with zero attached hydrogens (tertiary/aromatic N) is 2. The van der Waals surface area contributed by atoms with Crippen LogP contribution in [0.25, 0.3) is 0 Å². The third-order valence-corrected chi connectivity index (χ3v) is 2.67. The molecule has 0 radical (unpaired) electrons. The molecule has 0 aliphatic heterocycles. The molecule has 0 aromatic carbocycles. The van der Waals surface area contributed by atoms with Crippen molar-refractivity contribution in [2.24, 2.45) is 0 Å². The number of hydrogen-bond acceptors (Lipinski definition) is 4. The van der Waals surface area contributed by atoms with Gasteiger partial charge in [-0.15, -0.1) is 6.58 Å². The van der Waals surface area contributed by atoms with E-state index in [4.69, 9.17) is 5.11 Å². The molecule has 1 aromatic rings. The van der Waals surface area contributed by atoms with Gasteiger partial charge in [-0.3, -0.25) is 0 Å². The second-order valence-corrected chi connectivity index (χ2v) is 4.27. The maximum absolute atomic E-state index is 13.3. The lowest BCUT2D eigenvalue weighted by molar-refractivity contribution is 0.302. The molecule has 0 amide bonds. The molecule has 0 atom stereocenters. The highest BCUT2D eigenvalue weighted by atomic mass is 19.1. The predicted octanol–water partition coefficient (Wildman–Crippen LogP) is 1.70. The lowest BCUT2D eigenvalue weighted by atomic mass is 10.2. The van der Waals surface area contributed by atoms with E-state index < -0.39 is 0 Å². The van der Waals surface area contributed by atoms with Gasteiger partial charge in [-0.1, -0.05) is 13.0 Å². The first-order valence-electron chi connectivity index (χ1n) is 6.54. The van der Waals surface area contributed by atoms with Gasteiger partial charge >= 0.3 is 0 Å². The lowest BCUT2D eigenvalue weighted by Gasteiger charge is -2.24. The quantitative estimate of drug-likeness (QED) is 0.528. The van der Waals surface area contributed by atoms with Gasteiger partial charge in [-0.25, -0.2) is 9.37 Å². The van der Waals surface area contributed by atoms with Gasteiger partial charge in [0.25, 0.3) is 0 Å². The van der Waals surface area contributed by atoms with E-state index in [1.807, 2.05) is 4.90 Å². The zero-order valence-corrected chi connectivity index (χ0v) is 11.4. The average molecular weight is 267 g/mol. The van der Waals surface area contributed by atoms with Gasteiger partial charge in [0.15, 0.2) is 0 Å². The molecule has 0 aliphatic rings. The van der Waals surface area contributed by atoms with Crippen molar-refractivity contribution in [3.05, 3.63) is 36.3 Å². The van der Waals surface area contributed by atoms with E-state index in [9.17, 15) is 4.39 Å². The van der Waals surface area contributed by atoms with Crippen LogP contribution in [0.2, 0.25) is 0 Å². The molecule has 0 fully saturated rings. The number of aromatic nitrogens is 1. The van der Waals surface area contributed by atoms with Gasteiger partial charge in [0.05, 0.1) is 12.8 Å². The SMILES string of the molecule is C=CCN(CCO)c1ncc(F)cc1CNCCC. The van der Waals surface area contributed by atoms with Crippen LogP contribution in [-0.2, 0) is 6.54 Å². The summed E-state index contributed by atoms with van der Waals surface area (Å²) in [4.78, 5) is 6.03. The molecule has 1 rings (SSSR count). The summed E-state index contributed by atoms with van der Waals surface area (Å²) >= 11 is 0. The number of anilines is 1. The molecule has 1 heterocycles. The second kappa shape index (κ2) is 8.61. The van der Waals surface area contributed by atoms with E-state index in [-0.39, 0.29) is 12.4 Å². The summed E-state index contributed by atoms with van der Waals surface area (Å²) in [5.41, 5.74) is 0.795. The fraction of sp³-hybridized carbons (Fsp3) is 0.500. The summed E-state index contributed by atoms with van der Waals surface area (Å²) in [6.07, 6.45) is 3.96. The first kappa shape index (κ1) is 15.6. The van der Waals surface area contributed by atoms with E-state index in [2.05, 4.69) is 23.8 Å². The zero-order valence-electron chi connectivity index (χ0n) is 11.4. The van der Waals surface area contributed by atoms with Gasteiger partial charge < -0.3 is 15.3 Å². The van der Waals surface area contributed by atoms with Crippen LogP contribution in [0.15, 0.2) is 24.9 Å². The summed E-state index contributed by atoms with van der Waals surface area (Å²) < 4.78 is 13.3. The Labute approximate surface area is 114 Å². The second-order valence-electron chi connectivity index (χ2n) is 4.27. The molecule has 2 N–H and O–H groups in total. The summed E-state index contributed by atoms with van der Waals surface area (Å²) in [6, 6.07) is 1.48. The summed E-state index contributed by atoms with van der Waals surface area (Å²) in [5.74, 6) is 0.346. The Hall–Kier alpha value is -1.46. The molecule has 0 unspecified atom stereocenters. The van der Waals surface area contributed by atoms with Crippen molar-refractivity contribution in [3.8, 4) is 0 Å². The van der Waals surface area contributed by atoms with Crippen LogP contribution < -0.4 is 10.2 Å². The van der Waals surface area contributed by atoms with Crippen LogP contribution in [0.1, 0.15) is 18.9 Å². The highest BCUT2D eigenvalue weighted by Crippen LogP contribution is 2.18. The van der Waals surface area contributed by atoms with Gasteiger partial charge in [0.2, 0.25) is 0 Å². The Morgan fingerprint density at radius 3 is 3.00 bits per heavy atom. The Kier molecular flexibility index (Phi) is 7.07. The Morgan fingerprint density at radius 1 is 1.58 bits per heavy atom. The monoisotopic (exact) mass is 267 g/mol. The maximum Gasteiger partial charge on any atom is 0.141 e. The first-order chi connectivity index (χ1) is 9.22. The van der Waals surface area contributed by atoms with Gasteiger partial charge in [0.1, 0.15) is 11.6 Å². The standard InChI is InChI=1S/C14H22FN3O/c1-3-5-16-10-12-9-13(15)11-17-14(12)18(6-4-2)7-8-19/h4,9,11,16,19H,2-3,5-8,10H2,1H3. The van der Waals surface area contributed by atoms with Crippen molar-refractivity contribution in [2.45, 2.75) is 19.9 Å². The van der Waals surface area contributed by atoms with Crippen LogP contribution in [0.5, 0.6) is 0 Å². The third-order valence-electron chi connectivity index (χ3n) is 2.67. The molecule has 0 saturated heterocycles. The number of aliphatic hydroxyl groups excluding tert-OH is 1. The molecule has 0 aliphatic carbocycles. The summed E-state index contributed by atoms with van der Waals surface area (Å²) in [7, 11) is 0. The predicted molar refractivity (Wildman–Crippen MR) is 75.7 cm³/mol. The smallest absolute Gasteiger partial charge is 0.141 e. The zero-order chi connectivity index (χ0) is 14.1. The van der Waals surface area contributed by atoms with Crippen LogP contribution >= 0.6 is 0 Å². The molecule has 0 saturated carbocycles. The molecule has 19 heavy (non-hydrogen) atoms. The Bertz CT molecular complexity index is 398. The van der Waals surface area contributed by atoms with Gasteiger partial charge in [0, 0.05) is 25.2 Å². The van der Waals surface area contributed by atoms with Crippen LogP contribution in [-0.4, -0.2) is 36.3 Å². The van der Waals surface area contributed by atoms with E-state index >= 15 is 0 Å². The number of pyridine rings is 1. The third kappa shape index (κ3) is 4.96. The first-order valence-corrected chi connectivity index (χ1v) is 6.54. The van der Waals surface area contributed by atoms with Crippen LogP contribution in [0, 0.1) is 5.82 Å². The van der Waals surface area contributed by atoms with Crippen molar-refractivity contribution in [1.29, 1.82) is 0 Å². The molecular formula is C14H22FN3O. The van der Waals surface area contributed by atoms with Crippen molar-refractivity contribution < 1.29 is 9.50 Å². The fourth-order valence-electron chi connectivity index (χ4n) is 1.85. The van der Waals surface area contributed by atoms with Crippen molar-refractivity contribution >= 4 is 5.82 Å². The number of halogens is 1. The molecular weight excluding hydrogens is 245 g/mol. The highest BCUT2D eigenvalue weighted by Gasteiger charge is 2.12. The van der Waals surface area contributed by atoms with E-state index in [1.54, 1.807) is 6.08 Å². The highest BCUT2D eigenvalue weighted by molar-refractivity contribution is 5.47. The van der Waals surface area contributed by atoms with Crippen molar-refractivity contribution in [2.75, 3.05) is 31.1 Å². The summed E-state index contributed by atoms with van der Waals surface area (Å²) in [6.45, 7) is 8.24. The molecule has 0 spiro atoms. The Morgan fingerprint density at radius 2 is 2.37 bits per heavy atom. The maximum atomic E-state index is 13.3. The largest absolute Gasteiger partial charge is 0.395 e. The van der Waals surface area contributed by atoms with E-state index in [0.717, 1.165) is 18.5 Å². The van der Waals surface area contributed by atoms with Gasteiger partial charge in [-0.05, 0) is 19.0 Å². The molecule has 106 valence electrons. The molecule has 0 bridgehead atoms. The van der Waals surface area contributed by atoms with E-state index in [0.29, 0.717) is 25.5 Å². The topological polar surface area (TPSA) is 48.4 Å². The van der Waals surface area contributed by atoms with Crippen molar-refractivity contribution in [3.63, 3.8) is 0 Å². The Balaban J connectivity index is 2.91. The average Bonchev–Trinajstić information content (AvgIpc) is 2.39. The normalized spacial score (nSPS) is 10.5. The minimum atomic E-state index is -0.348. The van der Waals surface area contributed by atoms with Crippen LogP contribution in [0.4, 0.5) is 10.2 Å². The number of nitrogens with one attached hydrogen (secondary N) is 1. The number of aliphatic hydroxyl groups is 1. The molecule has 1 aromatic heterocycles. The lowest BCUT2D eigenvalue weighted by Crippen LogP contribution is -2.29. The fourth-order valence-corrected chi connectivity index (χ4v) is 1.85. The van der Waals surface area contributed by atoms with Crippen LogP contribution in [0.3, 0.4) is 0 Å². The van der Waals surface area contributed by atoms with Gasteiger partial charge in [-0.2, -0.15) is 0 Å². The minimum Gasteiger partial charge on any atom is -0.395 e. The summed E-state index contributed by atoms with van der Waals surface area (Å²) in [5, 5.41) is 12.3. The van der Waals surface area contributed by atoms with E-state index in [1.165, 1.54) is 12.3 Å².